The molecule has 5 nitrogen and oxygen atoms in total. The van der Waals surface area contributed by atoms with E-state index in [0.717, 1.165) is 4.47 Å². The summed E-state index contributed by atoms with van der Waals surface area (Å²) in [6, 6.07) is 10.2. The maximum Gasteiger partial charge on any atom is 0.365 e. The molecule has 0 aliphatic carbocycles. The van der Waals surface area contributed by atoms with Crippen LogP contribution in [-0.4, -0.2) is 16.8 Å². The lowest BCUT2D eigenvalue weighted by atomic mass is 10.2. The first-order valence-electron chi connectivity index (χ1n) is 5.37. The number of carbonyl (C=O) groups is 1. The van der Waals surface area contributed by atoms with Gasteiger partial charge in [-0.05, 0) is 36.4 Å². The van der Waals surface area contributed by atoms with Gasteiger partial charge < -0.3 is 10.6 Å². The molecule has 1 aromatic heterocycles. The number of benzene rings is 1. The molecule has 0 saturated heterocycles. The van der Waals surface area contributed by atoms with Crippen LogP contribution in [0.3, 0.4) is 0 Å². The molecule has 0 aliphatic rings. The molecule has 2 rings (SSSR count). The summed E-state index contributed by atoms with van der Waals surface area (Å²) in [4.78, 5) is 20.3. The van der Waals surface area contributed by atoms with Gasteiger partial charge in [-0.15, -0.1) is 0 Å². The first kappa shape index (κ1) is 13.2. The molecular weight excluding hydrogens is 310 g/mol. The fourth-order valence-corrected chi connectivity index (χ4v) is 1.56. The number of halogens is 1. The largest absolute Gasteiger partial charge is 0.380 e. The van der Waals surface area contributed by atoms with Crippen molar-refractivity contribution in [2.75, 3.05) is 0 Å². The average Bonchev–Trinajstić information content (AvgIpc) is 2.46. The Bertz CT molecular complexity index is 597. The van der Waals surface area contributed by atoms with Crippen LogP contribution >= 0.6 is 15.9 Å². The van der Waals surface area contributed by atoms with Crippen LogP contribution in [0.5, 0.6) is 0 Å². The second-order valence-electron chi connectivity index (χ2n) is 3.60. The number of hydrogen-bond acceptors (Lipinski definition) is 4. The van der Waals surface area contributed by atoms with Gasteiger partial charge in [0.15, 0.2) is 5.84 Å². The summed E-state index contributed by atoms with van der Waals surface area (Å²) in [5, 5.41) is 3.59. The summed E-state index contributed by atoms with van der Waals surface area (Å²) >= 11 is 3.28. The molecule has 0 atom stereocenters. The number of pyridine rings is 1. The minimum absolute atomic E-state index is 0.0959. The van der Waals surface area contributed by atoms with Crippen molar-refractivity contribution in [3.63, 3.8) is 0 Å². The fraction of sp³-hybridized carbons (Fsp3) is 0. The van der Waals surface area contributed by atoms with Gasteiger partial charge in [0.05, 0.1) is 5.56 Å². The van der Waals surface area contributed by atoms with E-state index >= 15 is 0 Å². The minimum Gasteiger partial charge on any atom is -0.380 e. The van der Waals surface area contributed by atoms with Crippen molar-refractivity contribution >= 4 is 27.7 Å². The Labute approximate surface area is 118 Å². The maximum absolute atomic E-state index is 11.7. The van der Waals surface area contributed by atoms with Gasteiger partial charge in [0, 0.05) is 22.4 Å². The number of aromatic nitrogens is 1. The van der Waals surface area contributed by atoms with E-state index in [9.17, 15) is 4.79 Å². The highest BCUT2D eigenvalue weighted by atomic mass is 79.9. The van der Waals surface area contributed by atoms with E-state index in [1.165, 1.54) is 6.20 Å². The van der Waals surface area contributed by atoms with E-state index < -0.39 is 5.97 Å². The van der Waals surface area contributed by atoms with Gasteiger partial charge in [-0.1, -0.05) is 21.1 Å². The lowest BCUT2D eigenvalue weighted by Gasteiger charge is -2.01. The average molecular weight is 320 g/mol. The van der Waals surface area contributed by atoms with Crippen LogP contribution in [0.4, 0.5) is 0 Å². The number of rotatable bonds is 3. The van der Waals surface area contributed by atoms with Crippen molar-refractivity contribution in [2.24, 2.45) is 10.9 Å². The van der Waals surface area contributed by atoms with Crippen molar-refractivity contribution in [3.8, 4) is 0 Å². The molecule has 2 N–H and O–H groups in total. The van der Waals surface area contributed by atoms with Crippen molar-refractivity contribution in [2.45, 2.75) is 0 Å². The zero-order chi connectivity index (χ0) is 13.7. The topological polar surface area (TPSA) is 77.6 Å². The number of oxime groups is 1. The van der Waals surface area contributed by atoms with Gasteiger partial charge in [-0.25, -0.2) is 4.79 Å². The Balaban J connectivity index is 2.06. The molecule has 0 saturated carbocycles. The van der Waals surface area contributed by atoms with Crippen LogP contribution in [0.15, 0.2) is 58.4 Å². The SMILES string of the molecule is NC(=NOC(=O)c1ccc(Br)cc1)c1cccnc1. The molecule has 0 aliphatic heterocycles. The van der Waals surface area contributed by atoms with Crippen LogP contribution in [0.2, 0.25) is 0 Å². The van der Waals surface area contributed by atoms with E-state index in [-0.39, 0.29) is 5.84 Å². The van der Waals surface area contributed by atoms with Gasteiger partial charge in [0.2, 0.25) is 0 Å². The smallest absolute Gasteiger partial charge is 0.365 e. The number of nitrogens with two attached hydrogens (primary N) is 1. The summed E-state index contributed by atoms with van der Waals surface area (Å²) in [6.07, 6.45) is 3.15. The van der Waals surface area contributed by atoms with E-state index in [4.69, 9.17) is 10.6 Å². The monoisotopic (exact) mass is 319 g/mol. The minimum atomic E-state index is -0.570. The number of amidine groups is 1. The van der Waals surface area contributed by atoms with Gasteiger partial charge in [-0.3, -0.25) is 4.98 Å². The van der Waals surface area contributed by atoms with Gasteiger partial charge in [-0.2, -0.15) is 0 Å². The van der Waals surface area contributed by atoms with Crippen LogP contribution < -0.4 is 5.73 Å². The molecule has 1 aromatic carbocycles. The summed E-state index contributed by atoms with van der Waals surface area (Å²) < 4.78 is 0.877. The fourth-order valence-electron chi connectivity index (χ4n) is 1.30. The summed E-state index contributed by atoms with van der Waals surface area (Å²) in [5.74, 6) is -0.474. The summed E-state index contributed by atoms with van der Waals surface area (Å²) in [7, 11) is 0. The van der Waals surface area contributed by atoms with Crippen LogP contribution in [0.1, 0.15) is 15.9 Å². The molecule has 0 amide bonds. The molecule has 0 unspecified atom stereocenters. The Morgan fingerprint density at radius 3 is 2.58 bits per heavy atom. The summed E-state index contributed by atoms with van der Waals surface area (Å²) in [6.45, 7) is 0. The van der Waals surface area contributed by atoms with Crippen molar-refractivity contribution < 1.29 is 9.63 Å². The second-order valence-corrected chi connectivity index (χ2v) is 4.52. The summed E-state index contributed by atoms with van der Waals surface area (Å²) in [5.41, 5.74) is 6.65. The zero-order valence-corrected chi connectivity index (χ0v) is 11.4. The first-order chi connectivity index (χ1) is 9.16. The Morgan fingerprint density at radius 2 is 1.95 bits per heavy atom. The molecule has 0 radical (unpaired) electrons. The second kappa shape index (κ2) is 6.10. The van der Waals surface area contributed by atoms with E-state index in [1.54, 1.807) is 42.6 Å². The van der Waals surface area contributed by atoms with E-state index in [1.807, 2.05) is 0 Å². The third-order valence-corrected chi connectivity index (χ3v) is 2.79. The molecule has 0 fully saturated rings. The molecule has 6 heteroatoms. The standard InChI is InChI=1S/C13H10BrN3O2/c14-11-5-3-9(4-6-11)13(18)19-17-12(15)10-2-1-7-16-8-10/h1-8H,(H2,15,17). The molecular formula is C13H10BrN3O2. The first-order valence-corrected chi connectivity index (χ1v) is 6.17. The zero-order valence-electron chi connectivity index (χ0n) is 9.79. The van der Waals surface area contributed by atoms with Gasteiger partial charge >= 0.3 is 5.97 Å². The lowest BCUT2D eigenvalue weighted by Crippen LogP contribution is -2.15. The third kappa shape index (κ3) is 3.62. The highest BCUT2D eigenvalue weighted by Gasteiger charge is 2.07. The third-order valence-electron chi connectivity index (χ3n) is 2.26. The van der Waals surface area contributed by atoms with E-state index in [0.29, 0.717) is 11.1 Å². The van der Waals surface area contributed by atoms with Crippen molar-refractivity contribution in [3.05, 3.63) is 64.4 Å². The molecule has 19 heavy (non-hydrogen) atoms. The Hall–Kier alpha value is -2.21. The number of carbonyl (C=O) groups excluding carboxylic acids is 1. The molecule has 96 valence electrons. The van der Waals surface area contributed by atoms with Crippen molar-refractivity contribution in [1.82, 2.24) is 4.98 Å². The van der Waals surface area contributed by atoms with Crippen molar-refractivity contribution in [1.29, 1.82) is 0 Å². The van der Waals surface area contributed by atoms with Gasteiger partial charge in [0.25, 0.3) is 0 Å². The number of hydrogen-bond donors (Lipinski definition) is 1. The van der Waals surface area contributed by atoms with Crippen LogP contribution in [-0.2, 0) is 4.84 Å². The molecule has 2 aromatic rings. The molecule has 1 heterocycles. The highest BCUT2D eigenvalue weighted by Crippen LogP contribution is 2.11. The Kier molecular flexibility index (Phi) is 4.25. The van der Waals surface area contributed by atoms with Crippen LogP contribution in [0.25, 0.3) is 0 Å². The molecule has 0 spiro atoms. The highest BCUT2D eigenvalue weighted by molar-refractivity contribution is 9.10. The molecule has 0 bridgehead atoms. The predicted octanol–water partition coefficient (Wildman–Crippen LogP) is 2.32. The normalized spacial score (nSPS) is 11.1. The predicted molar refractivity (Wildman–Crippen MR) is 74.5 cm³/mol. The van der Waals surface area contributed by atoms with E-state index in [2.05, 4.69) is 26.1 Å². The maximum atomic E-state index is 11.7. The Morgan fingerprint density at radius 1 is 1.21 bits per heavy atom. The quantitative estimate of drug-likeness (QED) is 0.407. The number of nitrogens with zero attached hydrogens (tertiary/aromatic N) is 2. The van der Waals surface area contributed by atoms with Crippen LogP contribution in [0, 0.1) is 0 Å². The lowest BCUT2D eigenvalue weighted by molar-refractivity contribution is 0.0516. The van der Waals surface area contributed by atoms with Gasteiger partial charge in [0.1, 0.15) is 0 Å².